The number of aryl methyl sites for hydroxylation is 1. The zero-order valence-corrected chi connectivity index (χ0v) is 12.6. The standard InChI is InChI=1S/C15H26N4O/c1-12(2)15(16)13-10-17-11-19(13)9-6-14(20)18-7-4-3-5-8-18/h10-12,15H,3-9,16H2,1-2H3. The Bertz CT molecular complexity index is 435. The van der Waals surface area contributed by atoms with Crippen molar-refractivity contribution >= 4 is 5.91 Å². The quantitative estimate of drug-likeness (QED) is 0.895. The maximum absolute atomic E-state index is 12.2. The summed E-state index contributed by atoms with van der Waals surface area (Å²) in [6, 6.07) is -0.0254. The molecular formula is C15H26N4O. The molecule has 2 heterocycles. The number of nitrogens with two attached hydrogens (primary N) is 1. The van der Waals surface area contributed by atoms with Crippen LogP contribution in [0.4, 0.5) is 0 Å². The van der Waals surface area contributed by atoms with Crippen LogP contribution in [0.25, 0.3) is 0 Å². The number of imidazole rings is 1. The lowest BCUT2D eigenvalue weighted by Crippen LogP contribution is -2.36. The molecule has 5 nitrogen and oxygen atoms in total. The Labute approximate surface area is 121 Å². The molecule has 2 N–H and O–H groups in total. The lowest BCUT2D eigenvalue weighted by molar-refractivity contribution is -0.132. The minimum Gasteiger partial charge on any atom is -0.343 e. The summed E-state index contributed by atoms with van der Waals surface area (Å²) in [5, 5.41) is 0. The topological polar surface area (TPSA) is 64.1 Å². The first kappa shape index (κ1) is 15.0. The molecule has 1 aromatic rings. The molecule has 1 saturated heterocycles. The molecule has 0 aliphatic carbocycles. The van der Waals surface area contributed by atoms with E-state index in [1.54, 1.807) is 6.33 Å². The summed E-state index contributed by atoms with van der Waals surface area (Å²) >= 11 is 0. The van der Waals surface area contributed by atoms with E-state index in [9.17, 15) is 4.79 Å². The average molecular weight is 278 g/mol. The normalized spacial score (nSPS) is 17.5. The predicted octanol–water partition coefficient (Wildman–Crippen LogP) is 1.94. The van der Waals surface area contributed by atoms with Gasteiger partial charge in [0.05, 0.1) is 12.0 Å². The number of amides is 1. The van der Waals surface area contributed by atoms with Crippen molar-refractivity contribution in [3.63, 3.8) is 0 Å². The molecular weight excluding hydrogens is 252 g/mol. The van der Waals surface area contributed by atoms with Crippen LogP contribution < -0.4 is 5.73 Å². The Morgan fingerprint density at radius 3 is 2.70 bits per heavy atom. The average Bonchev–Trinajstić information content (AvgIpc) is 2.93. The van der Waals surface area contributed by atoms with E-state index >= 15 is 0 Å². The van der Waals surface area contributed by atoms with Gasteiger partial charge in [0.25, 0.3) is 0 Å². The maximum Gasteiger partial charge on any atom is 0.224 e. The van der Waals surface area contributed by atoms with Crippen LogP contribution in [0.2, 0.25) is 0 Å². The third kappa shape index (κ3) is 3.60. The van der Waals surface area contributed by atoms with Crippen LogP contribution in [0.3, 0.4) is 0 Å². The smallest absolute Gasteiger partial charge is 0.224 e. The van der Waals surface area contributed by atoms with Gasteiger partial charge in [-0.25, -0.2) is 4.98 Å². The van der Waals surface area contributed by atoms with Gasteiger partial charge in [0.1, 0.15) is 0 Å². The minimum atomic E-state index is -0.0254. The van der Waals surface area contributed by atoms with E-state index in [2.05, 4.69) is 18.8 Å². The van der Waals surface area contributed by atoms with Crippen LogP contribution >= 0.6 is 0 Å². The van der Waals surface area contributed by atoms with Gasteiger partial charge in [-0.05, 0) is 25.2 Å². The molecule has 1 aliphatic rings. The van der Waals surface area contributed by atoms with Gasteiger partial charge in [0.2, 0.25) is 5.91 Å². The van der Waals surface area contributed by atoms with Gasteiger partial charge >= 0.3 is 0 Å². The number of nitrogens with zero attached hydrogens (tertiary/aromatic N) is 3. The van der Waals surface area contributed by atoms with Gasteiger partial charge in [-0.1, -0.05) is 13.8 Å². The fourth-order valence-corrected chi connectivity index (χ4v) is 2.65. The summed E-state index contributed by atoms with van der Waals surface area (Å²) in [5.41, 5.74) is 7.20. The van der Waals surface area contributed by atoms with Gasteiger partial charge in [-0.15, -0.1) is 0 Å². The van der Waals surface area contributed by atoms with Gasteiger partial charge in [-0.3, -0.25) is 4.79 Å². The first-order valence-electron chi connectivity index (χ1n) is 7.63. The van der Waals surface area contributed by atoms with Crippen LogP contribution in [-0.4, -0.2) is 33.4 Å². The van der Waals surface area contributed by atoms with Crippen LogP contribution in [0.5, 0.6) is 0 Å². The molecule has 1 amide bonds. The van der Waals surface area contributed by atoms with Crippen LogP contribution in [0.15, 0.2) is 12.5 Å². The minimum absolute atomic E-state index is 0.0254. The van der Waals surface area contributed by atoms with Gasteiger partial charge in [0, 0.05) is 38.3 Å². The fourth-order valence-electron chi connectivity index (χ4n) is 2.65. The molecule has 0 aromatic carbocycles. The molecule has 20 heavy (non-hydrogen) atoms. The number of carbonyl (C=O) groups is 1. The number of aromatic nitrogens is 2. The van der Waals surface area contributed by atoms with E-state index < -0.39 is 0 Å². The Morgan fingerprint density at radius 1 is 1.35 bits per heavy atom. The maximum atomic E-state index is 12.2. The number of rotatable bonds is 5. The third-order valence-electron chi connectivity index (χ3n) is 4.08. The zero-order valence-electron chi connectivity index (χ0n) is 12.6. The molecule has 1 aliphatic heterocycles. The highest BCUT2D eigenvalue weighted by Crippen LogP contribution is 2.19. The number of piperidine rings is 1. The molecule has 112 valence electrons. The number of carbonyl (C=O) groups excluding carboxylic acids is 1. The second kappa shape index (κ2) is 6.88. The molecule has 5 heteroatoms. The Morgan fingerprint density at radius 2 is 2.05 bits per heavy atom. The zero-order chi connectivity index (χ0) is 14.5. The second-order valence-corrected chi connectivity index (χ2v) is 5.97. The molecule has 0 radical (unpaired) electrons. The van der Waals surface area contributed by atoms with E-state index in [1.165, 1.54) is 6.42 Å². The summed E-state index contributed by atoms with van der Waals surface area (Å²) in [6.45, 7) is 6.70. The highest BCUT2D eigenvalue weighted by atomic mass is 16.2. The van der Waals surface area contributed by atoms with Gasteiger partial charge in [0.15, 0.2) is 0 Å². The Kier molecular flexibility index (Phi) is 5.17. The molecule has 0 spiro atoms. The van der Waals surface area contributed by atoms with Crippen LogP contribution in [0, 0.1) is 5.92 Å². The Hall–Kier alpha value is -1.36. The largest absolute Gasteiger partial charge is 0.343 e. The molecule has 2 rings (SSSR count). The van der Waals surface area contributed by atoms with Crippen molar-refractivity contribution in [1.29, 1.82) is 0 Å². The van der Waals surface area contributed by atoms with E-state index in [4.69, 9.17) is 5.73 Å². The molecule has 1 fully saturated rings. The highest BCUT2D eigenvalue weighted by molar-refractivity contribution is 5.76. The van der Waals surface area contributed by atoms with Crippen molar-refractivity contribution in [3.8, 4) is 0 Å². The van der Waals surface area contributed by atoms with E-state index in [0.29, 0.717) is 18.9 Å². The van der Waals surface area contributed by atoms with Crippen LogP contribution in [0.1, 0.15) is 51.3 Å². The summed E-state index contributed by atoms with van der Waals surface area (Å²) in [6.07, 6.45) is 7.66. The van der Waals surface area contributed by atoms with Crippen molar-refractivity contribution in [2.75, 3.05) is 13.1 Å². The summed E-state index contributed by atoms with van der Waals surface area (Å²) in [5.74, 6) is 0.616. The predicted molar refractivity (Wildman–Crippen MR) is 79.0 cm³/mol. The van der Waals surface area contributed by atoms with Crippen LogP contribution in [-0.2, 0) is 11.3 Å². The monoisotopic (exact) mass is 278 g/mol. The number of likely N-dealkylation sites (tertiary alicyclic amines) is 1. The van der Waals surface area contributed by atoms with E-state index in [1.807, 2.05) is 15.7 Å². The van der Waals surface area contributed by atoms with Crippen molar-refractivity contribution < 1.29 is 4.79 Å². The molecule has 0 bridgehead atoms. The molecule has 0 saturated carbocycles. The summed E-state index contributed by atoms with van der Waals surface area (Å²) < 4.78 is 2.02. The lowest BCUT2D eigenvalue weighted by Gasteiger charge is -2.27. The lowest BCUT2D eigenvalue weighted by atomic mass is 10.0. The molecule has 1 aromatic heterocycles. The van der Waals surface area contributed by atoms with Crippen molar-refractivity contribution in [2.24, 2.45) is 11.7 Å². The SMILES string of the molecule is CC(C)C(N)c1cncn1CCC(=O)N1CCCCC1. The van der Waals surface area contributed by atoms with Crippen molar-refractivity contribution in [2.45, 2.75) is 52.1 Å². The highest BCUT2D eigenvalue weighted by Gasteiger charge is 2.18. The van der Waals surface area contributed by atoms with Gasteiger partial charge in [-0.2, -0.15) is 0 Å². The fraction of sp³-hybridized carbons (Fsp3) is 0.733. The van der Waals surface area contributed by atoms with Gasteiger partial charge < -0.3 is 15.2 Å². The number of hydrogen-bond acceptors (Lipinski definition) is 3. The van der Waals surface area contributed by atoms with Crippen molar-refractivity contribution in [3.05, 3.63) is 18.2 Å². The molecule has 1 unspecified atom stereocenters. The van der Waals surface area contributed by atoms with E-state index in [-0.39, 0.29) is 11.9 Å². The van der Waals surface area contributed by atoms with Crippen molar-refractivity contribution in [1.82, 2.24) is 14.5 Å². The van der Waals surface area contributed by atoms with E-state index in [0.717, 1.165) is 31.6 Å². The third-order valence-corrected chi connectivity index (χ3v) is 4.08. The first-order chi connectivity index (χ1) is 9.59. The number of hydrogen-bond donors (Lipinski definition) is 1. The Balaban J connectivity index is 1.90. The second-order valence-electron chi connectivity index (χ2n) is 5.97. The summed E-state index contributed by atoms with van der Waals surface area (Å²) in [4.78, 5) is 18.3. The molecule has 1 atom stereocenters. The summed E-state index contributed by atoms with van der Waals surface area (Å²) in [7, 11) is 0. The first-order valence-corrected chi connectivity index (χ1v) is 7.63.